The van der Waals surface area contributed by atoms with Crippen LogP contribution in [0.25, 0.3) is 0 Å². The lowest BCUT2D eigenvalue weighted by Crippen LogP contribution is -2.37. The molecule has 1 heterocycles. The lowest BCUT2D eigenvalue weighted by atomic mass is 9.65. The molecule has 1 amide bonds. The van der Waals surface area contributed by atoms with Crippen molar-refractivity contribution in [2.75, 3.05) is 11.3 Å². The molecule has 1 saturated heterocycles. The maximum absolute atomic E-state index is 13.2. The molecule has 1 saturated carbocycles. The van der Waals surface area contributed by atoms with Crippen molar-refractivity contribution in [2.24, 2.45) is 10.8 Å². The van der Waals surface area contributed by atoms with Crippen molar-refractivity contribution in [1.29, 1.82) is 0 Å². The summed E-state index contributed by atoms with van der Waals surface area (Å²) in [7, 11) is -4.22. The lowest BCUT2D eigenvalue weighted by molar-refractivity contribution is -0.137. The van der Waals surface area contributed by atoms with Gasteiger partial charge in [-0.1, -0.05) is 26.8 Å². The zero-order valence-electron chi connectivity index (χ0n) is 18.7. The van der Waals surface area contributed by atoms with Crippen LogP contribution < -0.4 is 4.72 Å². The monoisotopic (exact) mass is 480 g/mol. The number of alkyl halides is 3. The lowest BCUT2D eigenvalue weighted by Gasteiger charge is -2.39. The molecule has 2 unspecified atom stereocenters. The Morgan fingerprint density at radius 2 is 1.73 bits per heavy atom. The predicted molar refractivity (Wildman–Crippen MR) is 119 cm³/mol. The molecule has 1 N–H and O–H groups in total. The van der Waals surface area contributed by atoms with E-state index in [0.717, 1.165) is 37.5 Å². The Hall–Kier alpha value is -2.55. The fraction of sp³-hybridized carbons (Fsp3) is 0.458. The number of amides is 1. The van der Waals surface area contributed by atoms with Gasteiger partial charge >= 0.3 is 6.18 Å². The fourth-order valence-corrected chi connectivity index (χ4v) is 6.70. The summed E-state index contributed by atoms with van der Waals surface area (Å²) in [6.45, 7) is 7.39. The molecular formula is C24H27F3N2O3S. The molecular weight excluding hydrogens is 453 g/mol. The summed E-state index contributed by atoms with van der Waals surface area (Å²) in [6, 6.07) is 9.73. The molecule has 33 heavy (non-hydrogen) atoms. The van der Waals surface area contributed by atoms with Gasteiger partial charge in [-0.05, 0) is 72.6 Å². The smallest absolute Gasteiger partial charge is 0.335 e. The highest BCUT2D eigenvalue weighted by Crippen LogP contribution is 2.52. The van der Waals surface area contributed by atoms with Crippen molar-refractivity contribution in [1.82, 2.24) is 4.90 Å². The number of hydrogen-bond acceptors (Lipinski definition) is 3. The van der Waals surface area contributed by atoms with Crippen LogP contribution in [0.15, 0.2) is 53.4 Å². The molecule has 2 aromatic carbocycles. The first-order valence-electron chi connectivity index (χ1n) is 10.8. The SMILES string of the molecule is CC1(C)CC2CC(C)(CN2C(=O)c2ccc(NS(=O)(=O)c3cccc(C(F)(F)F)c3)cc2)C1. The van der Waals surface area contributed by atoms with Crippen molar-refractivity contribution >= 4 is 21.6 Å². The first kappa shape index (κ1) is 23.6. The van der Waals surface area contributed by atoms with E-state index in [2.05, 4.69) is 25.5 Å². The average molecular weight is 481 g/mol. The minimum Gasteiger partial charge on any atom is -0.335 e. The Morgan fingerprint density at radius 3 is 2.36 bits per heavy atom. The molecule has 178 valence electrons. The van der Waals surface area contributed by atoms with Gasteiger partial charge in [0.05, 0.1) is 10.5 Å². The van der Waals surface area contributed by atoms with Crippen LogP contribution in [0.5, 0.6) is 0 Å². The maximum Gasteiger partial charge on any atom is 0.416 e. The molecule has 2 aliphatic rings. The van der Waals surface area contributed by atoms with Crippen LogP contribution in [0.1, 0.15) is 56.0 Å². The molecule has 1 aliphatic heterocycles. The van der Waals surface area contributed by atoms with Crippen molar-refractivity contribution < 1.29 is 26.4 Å². The molecule has 2 aromatic rings. The largest absolute Gasteiger partial charge is 0.416 e. The fourth-order valence-electron chi connectivity index (χ4n) is 5.60. The van der Waals surface area contributed by atoms with E-state index in [1.165, 1.54) is 12.1 Å². The number of benzene rings is 2. The highest BCUT2D eigenvalue weighted by atomic mass is 32.2. The minimum absolute atomic E-state index is 0.0892. The van der Waals surface area contributed by atoms with Crippen LogP contribution in [-0.4, -0.2) is 31.8 Å². The summed E-state index contributed by atoms with van der Waals surface area (Å²) < 4.78 is 66.2. The summed E-state index contributed by atoms with van der Waals surface area (Å²) in [5.74, 6) is -0.0892. The van der Waals surface area contributed by atoms with Gasteiger partial charge in [-0.2, -0.15) is 13.2 Å². The van der Waals surface area contributed by atoms with Crippen LogP contribution in [0, 0.1) is 10.8 Å². The zero-order chi connectivity index (χ0) is 24.2. The molecule has 0 radical (unpaired) electrons. The quantitative estimate of drug-likeness (QED) is 0.624. The number of likely N-dealkylation sites (tertiary alicyclic amines) is 1. The third kappa shape index (κ3) is 4.88. The second-order valence-electron chi connectivity index (χ2n) is 10.4. The summed E-state index contributed by atoms with van der Waals surface area (Å²) in [5, 5.41) is 0. The Kier molecular flexibility index (Phi) is 5.54. The maximum atomic E-state index is 13.2. The molecule has 9 heteroatoms. The Morgan fingerprint density at radius 1 is 1.06 bits per heavy atom. The first-order chi connectivity index (χ1) is 15.2. The average Bonchev–Trinajstić information content (AvgIpc) is 2.96. The first-order valence-corrected chi connectivity index (χ1v) is 12.3. The van der Waals surface area contributed by atoms with Gasteiger partial charge in [-0.25, -0.2) is 8.42 Å². The Balaban J connectivity index is 1.50. The van der Waals surface area contributed by atoms with E-state index < -0.39 is 26.7 Å². The molecule has 2 fully saturated rings. The normalized spacial score (nSPS) is 24.5. The second kappa shape index (κ2) is 7.75. The number of anilines is 1. The molecule has 5 nitrogen and oxygen atoms in total. The van der Waals surface area contributed by atoms with Gasteiger partial charge in [0.1, 0.15) is 0 Å². The van der Waals surface area contributed by atoms with E-state index in [0.29, 0.717) is 18.2 Å². The van der Waals surface area contributed by atoms with Crippen molar-refractivity contribution in [3.05, 3.63) is 59.7 Å². The van der Waals surface area contributed by atoms with Crippen LogP contribution >= 0.6 is 0 Å². The topological polar surface area (TPSA) is 66.5 Å². The van der Waals surface area contributed by atoms with Crippen molar-refractivity contribution in [3.63, 3.8) is 0 Å². The van der Waals surface area contributed by atoms with Gasteiger partial charge in [0.2, 0.25) is 0 Å². The number of sulfonamides is 1. The summed E-state index contributed by atoms with van der Waals surface area (Å²) in [5.41, 5.74) is -0.150. The zero-order valence-corrected chi connectivity index (χ0v) is 19.6. The van der Waals surface area contributed by atoms with E-state index in [9.17, 15) is 26.4 Å². The van der Waals surface area contributed by atoms with Gasteiger partial charge < -0.3 is 4.90 Å². The highest BCUT2D eigenvalue weighted by molar-refractivity contribution is 7.92. The minimum atomic E-state index is -4.65. The van der Waals surface area contributed by atoms with E-state index >= 15 is 0 Å². The van der Waals surface area contributed by atoms with Gasteiger partial charge in [-0.15, -0.1) is 0 Å². The van der Waals surface area contributed by atoms with Gasteiger partial charge in [0.15, 0.2) is 0 Å². The third-order valence-corrected chi connectivity index (χ3v) is 7.91. The number of halogens is 3. The molecule has 2 atom stereocenters. The van der Waals surface area contributed by atoms with E-state index in [4.69, 9.17) is 0 Å². The van der Waals surface area contributed by atoms with E-state index in [1.54, 1.807) is 12.1 Å². The predicted octanol–water partition coefficient (Wildman–Crippen LogP) is 5.55. The van der Waals surface area contributed by atoms with Crippen LogP contribution in [-0.2, 0) is 16.2 Å². The number of hydrogen-bond donors (Lipinski definition) is 1. The number of carbonyl (C=O) groups is 1. The van der Waals surface area contributed by atoms with Crippen LogP contribution in [0.3, 0.4) is 0 Å². The number of fused-ring (bicyclic) bond motifs is 2. The molecule has 0 aromatic heterocycles. The van der Waals surface area contributed by atoms with Gasteiger partial charge in [-0.3, -0.25) is 9.52 Å². The molecule has 1 aliphatic carbocycles. The van der Waals surface area contributed by atoms with Crippen LogP contribution in [0.2, 0.25) is 0 Å². The van der Waals surface area contributed by atoms with Crippen LogP contribution in [0.4, 0.5) is 18.9 Å². The highest BCUT2D eigenvalue weighted by Gasteiger charge is 2.51. The third-order valence-electron chi connectivity index (χ3n) is 6.53. The summed E-state index contributed by atoms with van der Waals surface area (Å²) in [6.07, 6.45) is -1.65. The molecule has 2 bridgehead atoms. The Bertz CT molecular complexity index is 1180. The van der Waals surface area contributed by atoms with E-state index in [-0.39, 0.29) is 28.5 Å². The molecule has 0 spiro atoms. The van der Waals surface area contributed by atoms with E-state index in [1.807, 2.05) is 4.90 Å². The summed E-state index contributed by atoms with van der Waals surface area (Å²) in [4.78, 5) is 14.6. The van der Waals surface area contributed by atoms with Gasteiger partial charge in [0.25, 0.3) is 15.9 Å². The standard InChI is InChI=1S/C24H27F3N2O3S/c1-22(2)12-19-13-23(3,14-22)15-29(19)21(30)16-7-9-18(10-8-16)28-33(31,32)20-6-4-5-17(11-20)24(25,26)27/h4-11,19,28H,12-15H2,1-3H3. The Labute approximate surface area is 192 Å². The van der Waals surface area contributed by atoms with Crippen molar-refractivity contribution in [3.8, 4) is 0 Å². The number of nitrogens with zero attached hydrogens (tertiary/aromatic N) is 1. The number of carbonyl (C=O) groups excluding carboxylic acids is 1. The van der Waals surface area contributed by atoms with Gasteiger partial charge in [0, 0.05) is 23.8 Å². The van der Waals surface area contributed by atoms with Crippen molar-refractivity contribution in [2.45, 2.75) is 57.1 Å². The second-order valence-corrected chi connectivity index (χ2v) is 12.0. The summed E-state index contributed by atoms with van der Waals surface area (Å²) >= 11 is 0. The molecule has 4 rings (SSSR count). The number of nitrogens with one attached hydrogen (secondary N) is 1. The number of rotatable bonds is 4.